The summed E-state index contributed by atoms with van der Waals surface area (Å²) in [5.74, 6) is 0.652. The first-order valence-corrected chi connectivity index (χ1v) is 13.2. The van der Waals surface area contributed by atoms with E-state index in [1.807, 2.05) is 54.4 Å². The highest BCUT2D eigenvalue weighted by atomic mass is 16.6. The Bertz CT molecular complexity index is 1640. The van der Waals surface area contributed by atoms with E-state index in [9.17, 15) is 4.79 Å². The van der Waals surface area contributed by atoms with E-state index in [0.717, 1.165) is 51.8 Å². The van der Waals surface area contributed by atoms with Crippen molar-refractivity contribution in [3.8, 4) is 11.1 Å². The number of likely N-dealkylation sites (tertiary alicyclic amines) is 1. The van der Waals surface area contributed by atoms with Crippen LogP contribution in [0.4, 0.5) is 10.6 Å². The van der Waals surface area contributed by atoms with Crippen LogP contribution in [0.15, 0.2) is 61.2 Å². The van der Waals surface area contributed by atoms with Crippen LogP contribution < -0.4 is 5.73 Å². The number of amides is 1. The van der Waals surface area contributed by atoms with Gasteiger partial charge in [-0.05, 0) is 63.4 Å². The Morgan fingerprint density at radius 3 is 2.67 bits per heavy atom. The van der Waals surface area contributed by atoms with Crippen molar-refractivity contribution in [3.05, 3.63) is 72.6 Å². The van der Waals surface area contributed by atoms with Crippen LogP contribution in [0.1, 0.15) is 50.9 Å². The van der Waals surface area contributed by atoms with Crippen molar-refractivity contribution < 1.29 is 9.53 Å². The van der Waals surface area contributed by atoms with Crippen molar-refractivity contribution >= 4 is 28.3 Å². The Morgan fingerprint density at radius 2 is 1.92 bits per heavy atom. The van der Waals surface area contributed by atoms with E-state index in [1.165, 1.54) is 6.33 Å². The molecular formula is C29H32N8O2. The lowest BCUT2D eigenvalue weighted by Gasteiger charge is -2.33. The van der Waals surface area contributed by atoms with Crippen LogP contribution >= 0.6 is 0 Å². The van der Waals surface area contributed by atoms with Crippen molar-refractivity contribution in [2.24, 2.45) is 0 Å². The fourth-order valence-corrected chi connectivity index (χ4v) is 5.26. The molecule has 1 aliphatic rings. The summed E-state index contributed by atoms with van der Waals surface area (Å²) < 4.78 is 9.39. The summed E-state index contributed by atoms with van der Waals surface area (Å²) in [6, 6.07) is 14.3. The van der Waals surface area contributed by atoms with Gasteiger partial charge < -0.3 is 15.4 Å². The minimum atomic E-state index is -0.510. The van der Waals surface area contributed by atoms with Gasteiger partial charge in [0.05, 0.1) is 17.8 Å². The van der Waals surface area contributed by atoms with Gasteiger partial charge in [0.15, 0.2) is 5.82 Å². The summed E-state index contributed by atoms with van der Waals surface area (Å²) in [4.78, 5) is 23.0. The molecule has 0 bridgehead atoms. The lowest BCUT2D eigenvalue weighted by atomic mass is 9.93. The third-order valence-corrected chi connectivity index (χ3v) is 7.09. The average molecular weight is 525 g/mol. The van der Waals surface area contributed by atoms with E-state index in [2.05, 4.69) is 39.3 Å². The van der Waals surface area contributed by atoms with E-state index in [1.54, 1.807) is 11.1 Å². The maximum absolute atomic E-state index is 12.6. The molecule has 5 aromatic rings. The first-order chi connectivity index (χ1) is 18.7. The Morgan fingerprint density at radius 1 is 1.10 bits per heavy atom. The summed E-state index contributed by atoms with van der Waals surface area (Å²) in [6.07, 6.45) is 6.68. The fraction of sp³-hybridized carbons (Fsp3) is 0.345. The number of piperidine rings is 1. The van der Waals surface area contributed by atoms with Gasteiger partial charge in [-0.1, -0.05) is 18.2 Å². The van der Waals surface area contributed by atoms with Gasteiger partial charge in [-0.3, -0.25) is 9.67 Å². The molecule has 0 saturated carbocycles. The number of carbonyl (C=O) groups excluding carboxylic acids is 1. The zero-order valence-electron chi connectivity index (χ0n) is 22.4. The average Bonchev–Trinajstić information content (AvgIpc) is 3.50. The van der Waals surface area contributed by atoms with E-state index < -0.39 is 5.60 Å². The van der Waals surface area contributed by atoms with E-state index in [0.29, 0.717) is 25.5 Å². The molecule has 0 atom stereocenters. The van der Waals surface area contributed by atoms with E-state index in [4.69, 9.17) is 15.6 Å². The molecule has 1 saturated heterocycles. The number of aromatic nitrogens is 6. The smallest absolute Gasteiger partial charge is 0.410 e. The molecule has 39 heavy (non-hydrogen) atoms. The Kier molecular flexibility index (Phi) is 6.17. The number of nitrogens with two attached hydrogens (primary N) is 1. The van der Waals surface area contributed by atoms with Gasteiger partial charge >= 0.3 is 6.09 Å². The number of ether oxygens (including phenoxy) is 1. The number of pyridine rings is 1. The van der Waals surface area contributed by atoms with Crippen molar-refractivity contribution in [2.45, 2.75) is 51.7 Å². The van der Waals surface area contributed by atoms with E-state index >= 15 is 0 Å². The van der Waals surface area contributed by atoms with Crippen molar-refractivity contribution in [2.75, 3.05) is 18.8 Å². The SMILES string of the molecule is CC(C)(C)OC(=O)N1CCC(c2cc(-c3ccc4cn(Cc5ccccn5)nc4c3)c3c(N)ncnn23)CC1. The molecule has 10 nitrogen and oxygen atoms in total. The fourth-order valence-electron chi connectivity index (χ4n) is 5.26. The standard InChI is InChI=1S/C29H32N8O2/c1-29(2,3)39-28(38)35-12-9-19(10-13-35)25-15-23(26-27(30)32-18-33-37(25)26)20-7-8-21-16-36(34-24(21)14-20)17-22-6-4-5-11-31-22/h4-8,11,14-16,18-19H,9-10,12-13,17H2,1-3H3,(H2,30,32,33). The van der Waals surface area contributed by atoms with Gasteiger partial charge in [-0.15, -0.1) is 0 Å². The predicted molar refractivity (Wildman–Crippen MR) is 149 cm³/mol. The highest BCUT2D eigenvalue weighted by Crippen LogP contribution is 2.37. The molecule has 1 fully saturated rings. The monoisotopic (exact) mass is 524 g/mol. The second kappa shape index (κ2) is 9.68. The molecule has 1 aliphatic heterocycles. The lowest BCUT2D eigenvalue weighted by Crippen LogP contribution is -2.41. The predicted octanol–water partition coefficient (Wildman–Crippen LogP) is 4.89. The zero-order valence-corrected chi connectivity index (χ0v) is 22.4. The third-order valence-electron chi connectivity index (χ3n) is 7.09. The Balaban J connectivity index is 1.30. The molecular weight excluding hydrogens is 492 g/mol. The highest BCUT2D eigenvalue weighted by molar-refractivity contribution is 5.92. The lowest BCUT2D eigenvalue weighted by molar-refractivity contribution is 0.0203. The molecule has 0 unspecified atom stereocenters. The number of fused-ring (bicyclic) bond motifs is 2. The largest absolute Gasteiger partial charge is 0.444 e. The second-order valence-electron chi connectivity index (χ2n) is 11.1. The third kappa shape index (κ3) is 5.01. The van der Waals surface area contributed by atoms with Crippen LogP contribution in [0, 0.1) is 0 Å². The first kappa shape index (κ1) is 24.8. The molecule has 0 spiro atoms. The summed E-state index contributed by atoms with van der Waals surface area (Å²) in [6.45, 7) is 7.52. The summed E-state index contributed by atoms with van der Waals surface area (Å²) in [7, 11) is 0. The number of rotatable bonds is 4. The molecule has 0 aliphatic carbocycles. The molecule has 5 heterocycles. The number of nitrogens with zero attached hydrogens (tertiary/aromatic N) is 7. The van der Waals surface area contributed by atoms with Crippen molar-refractivity contribution in [1.82, 2.24) is 34.3 Å². The molecule has 4 aromatic heterocycles. The number of hydrogen-bond acceptors (Lipinski definition) is 7. The van der Waals surface area contributed by atoms with Gasteiger partial charge in [-0.25, -0.2) is 14.3 Å². The molecule has 2 N–H and O–H groups in total. The Labute approximate surface area is 226 Å². The van der Waals surface area contributed by atoms with Gasteiger partial charge in [-0.2, -0.15) is 10.2 Å². The summed E-state index contributed by atoms with van der Waals surface area (Å²) in [5, 5.41) is 10.4. The first-order valence-electron chi connectivity index (χ1n) is 13.2. The normalized spacial score (nSPS) is 14.8. The van der Waals surface area contributed by atoms with Crippen molar-refractivity contribution in [3.63, 3.8) is 0 Å². The van der Waals surface area contributed by atoms with E-state index in [-0.39, 0.29) is 12.0 Å². The maximum atomic E-state index is 12.6. The maximum Gasteiger partial charge on any atom is 0.410 e. The van der Waals surface area contributed by atoms with Crippen LogP contribution in [0.3, 0.4) is 0 Å². The second-order valence-corrected chi connectivity index (χ2v) is 11.1. The van der Waals surface area contributed by atoms with Crippen LogP contribution in [0.25, 0.3) is 27.5 Å². The number of nitrogen functional groups attached to an aromatic ring is 1. The number of benzene rings is 1. The number of hydrogen-bond donors (Lipinski definition) is 1. The zero-order chi connectivity index (χ0) is 27.1. The topological polar surface area (TPSA) is 116 Å². The molecule has 0 radical (unpaired) electrons. The number of anilines is 1. The minimum Gasteiger partial charge on any atom is -0.444 e. The van der Waals surface area contributed by atoms with Gasteiger partial charge in [0.1, 0.15) is 17.4 Å². The number of carbonyl (C=O) groups is 1. The summed E-state index contributed by atoms with van der Waals surface area (Å²) in [5.41, 5.74) is 11.6. The van der Waals surface area contributed by atoms with Crippen molar-refractivity contribution in [1.29, 1.82) is 0 Å². The molecule has 6 rings (SSSR count). The minimum absolute atomic E-state index is 0.223. The molecule has 200 valence electrons. The van der Waals surface area contributed by atoms with Gasteiger partial charge in [0.25, 0.3) is 0 Å². The molecule has 10 heteroatoms. The molecule has 1 amide bonds. The van der Waals surface area contributed by atoms with Gasteiger partial charge in [0.2, 0.25) is 0 Å². The summed E-state index contributed by atoms with van der Waals surface area (Å²) >= 11 is 0. The highest BCUT2D eigenvalue weighted by Gasteiger charge is 2.30. The molecule has 1 aromatic carbocycles. The van der Waals surface area contributed by atoms with Gasteiger partial charge in [0, 0.05) is 48.0 Å². The van der Waals surface area contributed by atoms with Crippen LogP contribution in [0.2, 0.25) is 0 Å². The van der Waals surface area contributed by atoms with Crippen LogP contribution in [-0.2, 0) is 11.3 Å². The van der Waals surface area contributed by atoms with Crippen LogP contribution in [-0.4, -0.2) is 59.0 Å². The quantitative estimate of drug-likeness (QED) is 0.356. The van der Waals surface area contributed by atoms with Crippen LogP contribution in [0.5, 0.6) is 0 Å². The Hall–Kier alpha value is -4.47.